The average Bonchev–Trinajstić information content (AvgIpc) is 2.88. The zero-order valence-electron chi connectivity index (χ0n) is 22.8. The Kier molecular flexibility index (Phi) is 12.5. The van der Waals surface area contributed by atoms with Crippen molar-refractivity contribution in [1.29, 1.82) is 0 Å². The van der Waals surface area contributed by atoms with Gasteiger partial charge in [-0.15, -0.1) is 0 Å². The van der Waals surface area contributed by atoms with Crippen LogP contribution in [0.1, 0.15) is 69.4 Å². The molecule has 222 valence electrons. The van der Waals surface area contributed by atoms with Gasteiger partial charge < -0.3 is 35.7 Å². The maximum Gasteiger partial charge on any atom is 0.317 e. The smallest absolute Gasteiger partial charge is 0.317 e. The number of carbonyl (C=O) groups excluding carboxylic acids is 4. The van der Waals surface area contributed by atoms with Crippen molar-refractivity contribution in [2.75, 3.05) is 39.5 Å². The van der Waals surface area contributed by atoms with E-state index in [1.54, 1.807) is 4.90 Å². The fourth-order valence-corrected chi connectivity index (χ4v) is 5.70. The summed E-state index contributed by atoms with van der Waals surface area (Å²) in [7, 11) is 0. The number of urea groups is 1. The second-order valence-electron chi connectivity index (χ2n) is 10.3. The van der Waals surface area contributed by atoms with Crippen LogP contribution in [0.5, 0.6) is 5.75 Å². The molecule has 3 unspecified atom stereocenters. The highest BCUT2D eigenvalue weighted by molar-refractivity contribution is 6.02. The molecule has 3 rings (SSSR count). The van der Waals surface area contributed by atoms with Crippen molar-refractivity contribution in [2.45, 2.75) is 58.9 Å². The number of carbonyl (C=O) groups is 4. The number of ether oxygens (including phenoxy) is 1. The standard InChI is InChI=1S/C28H40N2O8.H2O.2H2/c1-3-19-14-21(15-29-28(37)30-5-8-38-9-6-30)22-12-18(13-25(35)26(22)27(19)36)11-20(4-7-31)23(16-32)24(34)10-17(2)33;;;/h14,18,20,23,31-32,36H,3-13,15-16H2,1-2H3,(H,29,37);1H2;2*1H. The number of benzene rings is 1. The first kappa shape index (κ1) is 32.4. The van der Waals surface area contributed by atoms with Crippen molar-refractivity contribution in [3.05, 3.63) is 28.3 Å². The zero-order chi connectivity index (χ0) is 27.8. The van der Waals surface area contributed by atoms with E-state index >= 15 is 0 Å². The van der Waals surface area contributed by atoms with Crippen LogP contribution in [0.15, 0.2) is 6.07 Å². The van der Waals surface area contributed by atoms with Crippen LogP contribution < -0.4 is 5.32 Å². The summed E-state index contributed by atoms with van der Waals surface area (Å²) in [6.07, 6.45) is 1.51. The molecular formula is C28H46N2O9. The first-order valence-corrected chi connectivity index (χ1v) is 13.4. The van der Waals surface area contributed by atoms with Crippen molar-refractivity contribution in [3.8, 4) is 5.75 Å². The molecule has 6 N–H and O–H groups in total. The Labute approximate surface area is 231 Å². The number of aryl methyl sites for hydroxylation is 1. The van der Waals surface area contributed by atoms with E-state index in [0.717, 1.165) is 5.56 Å². The SMILES string of the molecule is CCc1cc(CNC(=O)N2CCOCC2)c2c(c1O)C(=O)CC(CC(CCO)C(CO)C(=O)CC(C)=O)C2.O.[HH].[HH]. The second kappa shape index (κ2) is 15.1. The Morgan fingerprint density at radius 1 is 1.18 bits per heavy atom. The van der Waals surface area contributed by atoms with Crippen LogP contribution >= 0.6 is 0 Å². The molecule has 2 aliphatic rings. The molecule has 11 nitrogen and oxygen atoms in total. The molecule has 1 aromatic rings. The maximum absolute atomic E-state index is 13.3. The van der Waals surface area contributed by atoms with Gasteiger partial charge in [0, 0.05) is 41.4 Å². The maximum atomic E-state index is 13.3. The van der Waals surface area contributed by atoms with Crippen molar-refractivity contribution in [1.82, 2.24) is 10.2 Å². The summed E-state index contributed by atoms with van der Waals surface area (Å²) in [6, 6.07) is 1.62. The Morgan fingerprint density at radius 3 is 2.46 bits per heavy atom. The van der Waals surface area contributed by atoms with E-state index in [1.807, 2.05) is 13.0 Å². The van der Waals surface area contributed by atoms with Crippen LogP contribution in [-0.4, -0.2) is 88.6 Å². The van der Waals surface area contributed by atoms with E-state index in [-0.39, 0.29) is 75.8 Å². The first-order valence-electron chi connectivity index (χ1n) is 13.4. The number of rotatable bonds is 12. The largest absolute Gasteiger partial charge is 0.507 e. The van der Waals surface area contributed by atoms with Gasteiger partial charge in [-0.05, 0) is 61.1 Å². The van der Waals surface area contributed by atoms with Gasteiger partial charge in [-0.2, -0.15) is 0 Å². The number of aromatic hydroxyl groups is 1. The highest BCUT2D eigenvalue weighted by Crippen LogP contribution is 2.40. The van der Waals surface area contributed by atoms with Gasteiger partial charge in [0.1, 0.15) is 17.3 Å². The molecule has 1 saturated heterocycles. The molecule has 0 saturated carbocycles. The molecule has 0 spiro atoms. The third-order valence-corrected chi connectivity index (χ3v) is 7.67. The van der Waals surface area contributed by atoms with E-state index in [4.69, 9.17) is 4.74 Å². The predicted octanol–water partition coefficient (Wildman–Crippen LogP) is 1.45. The molecule has 1 heterocycles. The van der Waals surface area contributed by atoms with E-state index in [1.165, 1.54) is 6.92 Å². The molecule has 1 aliphatic heterocycles. The van der Waals surface area contributed by atoms with Crippen molar-refractivity contribution < 1.29 is 47.6 Å². The summed E-state index contributed by atoms with van der Waals surface area (Å²) in [5, 5.41) is 33.4. The normalized spacial score (nSPS) is 18.5. The van der Waals surface area contributed by atoms with Gasteiger partial charge in [0.05, 0.1) is 31.8 Å². The molecule has 0 aromatic heterocycles. The third-order valence-electron chi connectivity index (χ3n) is 7.67. The van der Waals surface area contributed by atoms with Gasteiger partial charge in [-0.25, -0.2) is 4.79 Å². The van der Waals surface area contributed by atoms with Gasteiger partial charge in [-0.3, -0.25) is 14.4 Å². The quantitative estimate of drug-likeness (QED) is 0.280. The fourth-order valence-electron chi connectivity index (χ4n) is 5.70. The zero-order valence-corrected chi connectivity index (χ0v) is 22.8. The topological polar surface area (TPSA) is 185 Å². The summed E-state index contributed by atoms with van der Waals surface area (Å²) in [5.41, 5.74) is 2.38. The predicted molar refractivity (Wildman–Crippen MR) is 147 cm³/mol. The Hall–Kier alpha value is -2.86. The number of phenolic OH excluding ortho intramolecular Hbond substituents is 1. The number of ketones is 3. The molecule has 11 heteroatoms. The second-order valence-corrected chi connectivity index (χ2v) is 10.3. The minimum absolute atomic E-state index is 0. The lowest BCUT2D eigenvalue weighted by Crippen LogP contribution is -2.46. The molecule has 3 atom stereocenters. The van der Waals surface area contributed by atoms with E-state index in [0.29, 0.717) is 62.3 Å². The number of nitrogens with zero attached hydrogens (tertiary/aromatic N) is 1. The van der Waals surface area contributed by atoms with Crippen LogP contribution in [0.25, 0.3) is 0 Å². The van der Waals surface area contributed by atoms with E-state index in [9.17, 15) is 34.5 Å². The van der Waals surface area contributed by atoms with Crippen molar-refractivity contribution in [2.24, 2.45) is 17.8 Å². The molecule has 1 aliphatic carbocycles. The van der Waals surface area contributed by atoms with Crippen LogP contribution in [0.4, 0.5) is 4.79 Å². The molecule has 39 heavy (non-hydrogen) atoms. The summed E-state index contributed by atoms with van der Waals surface area (Å²) in [4.78, 5) is 51.8. The molecule has 0 radical (unpaired) electrons. The lowest BCUT2D eigenvalue weighted by Gasteiger charge is -2.32. The van der Waals surface area contributed by atoms with Gasteiger partial charge >= 0.3 is 6.03 Å². The van der Waals surface area contributed by atoms with Crippen LogP contribution in [0.2, 0.25) is 0 Å². The lowest BCUT2D eigenvalue weighted by atomic mass is 9.72. The van der Waals surface area contributed by atoms with Crippen molar-refractivity contribution >= 4 is 23.4 Å². The first-order chi connectivity index (χ1) is 18.2. The third kappa shape index (κ3) is 8.07. The lowest BCUT2D eigenvalue weighted by molar-refractivity contribution is -0.131. The van der Waals surface area contributed by atoms with Gasteiger partial charge in [0.15, 0.2) is 5.78 Å². The minimum atomic E-state index is -0.800. The van der Waals surface area contributed by atoms with Crippen LogP contribution in [0, 0.1) is 17.8 Å². The summed E-state index contributed by atoms with van der Waals surface area (Å²) in [6.45, 7) is 4.75. The number of morpholine rings is 1. The molecule has 2 amide bonds. The molecular weight excluding hydrogens is 508 g/mol. The van der Waals surface area contributed by atoms with Crippen LogP contribution in [-0.2, 0) is 33.7 Å². The summed E-state index contributed by atoms with van der Waals surface area (Å²) in [5.74, 6) is -2.27. The number of Topliss-reactive ketones (excluding diaryl/α,β-unsaturated/α-hetero) is 3. The number of hydrogen-bond donors (Lipinski definition) is 4. The minimum Gasteiger partial charge on any atom is -0.507 e. The van der Waals surface area contributed by atoms with Gasteiger partial charge in [0.25, 0.3) is 0 Å². The van der Waals surface area contributed by atoms with E-state index in [2.05, 4.69) is 5.32 Å². The molecule has 1 aromatic carbocycles. The summed E-state index contributed by atoms with van der Waals surface area (Å²) >= 11 is 0. The number of amides is 2. The fraction of sp³-hybridized carbons (Fsp3) is 0.643. The Bertz CT molecular complexity index is 1050. The monoisotopic (exact) mass is 554 g/mol. The number of aliphatic hydroxyl groups excluding tert-OH is 2. The Balaban J connectivity index is 0.00000533. The van der Waals surface area contributed by atoms with Crippen molar-refractivity contribution in [3.63, 3.8) is 0 Å². The molecule has 0 bridgehead atoms. The number of fused-ring (bicyclic) bond motifs is 1. The van der Waals surface area contributed by atoms with Gasteiger partial charge in [-0.1, -0.05) is 13.0 Å². The van der Waals surface area contributed by atoms with E-state index < -0.39 is 18.4 Å². The van der Waals surface area contributed by atoms with Gasteiger partial charge in [0.2, 0.25) is 0 Å². The molecule has 1 fully saturated rings. The Morgan fingerprint density at radius 2 is 1.87 bits per heavy atom. The average molecular weight is 555 g/mol. The summed E-state index contributed by atoms with van der Waals surface area (Å²) < 4.78 is 5.31. The number of hydrogen-bond acceptors (Lipinski definition) is 8. The number of aliphatic hydroxyl groups is 2. The number of phenols is 1. The van der Waals surface area contributed by atoms with Crippen LogP contribution in [0.3, 0.4) is 0 Å². The number of nitrogens with one attached hydrogen (secondary N) is 1. The highest BCUT2D eigenvalue weighted by atomic mass is 16.5. The highest BCUT2D eigenvalue weighted by Gasteiger charge is 2.35.